The molecule has 2 aromatic rings. The van der Waals surface area contributed by atoms with Crippen molar-refractivity contribution in [3.8, 4) is 5.75 Å². The Morgan fingerprint density at radius 3 is 2.27 bits per heavy atom. The molecule has 0 amide bonds. The topological polar surface area (TPSA) is 9.23 Å². The first-order chi connectivity index (χ1) is 12.4. The van der Waals surface area contributed by atoms with Crippen molar-refractivity contribution in [1.29, 1.82) is 0 Å². The highest BCUT2D eigenvalue weighted by molar-refractivity contribution is 5.31. The molecule has 0 heterocycles. The van der Waals surface area contributed by atoms with Crippen molar-refractivity contribution in [1.82, 2.24) is 0 Å². The summed E-state index contributed by atoms with van der Waals surface area (Å²) in [6.45, 7) is 5.67. The summed E-state index contributed by atoms with van der Waals surface area (Å²) in [7, 11) is 0. The van der Waals surface area contributed by atoms with Gasteiger partial charge in [0.05, 0.1) is 5.56 Å². The summed E-state index contributed by atoms with van der Waals surface area (Å²) >= 11 is 0. The molecular weight excluding hydrogens is 337 g/mol. The first-order valence-corrected chi connectivity index (χ1v) is 8.95. The minimum atomic E-state index is -3.72. The van der Waals surface area contributed by atoms with Crippen LogP contribution in [0.5, 0.6) is 5.75 Å². The molecule has 0 bridgehead atoms. The van der Waals surface area contributed by atoms with E-state index >= 15 is 0 Å². The molecule has 2 aromatic carbocycles. The Hall–Kier alpha value is -2.23. The molecule has 1 fully saturated rings. The van der Waals surface area contributed by atoms with Gasteiger partial charge in [0.15, 0.2) is 0 Å². The number of rotatable bonds is 5. The predicted octanol–water partition coefficient (Wildman–Crippen LogP) is 6.72. The molecular formula is C22H23F3O. The third-order valence-corrected chi connectivity index (χ3v) is 5.15. The maximum Gasteiger partial charge on any atom is 0.429 e. The van der Waals surface area contributed by atoms with Crippen LogP contribution in [0.4, 0.5) is 13.2 Å². The minimum absolute atomic E-state index is 0.00632. The Bertz CT molecular complexity index is 759. The highest BCUT2D eigenvalue weighted by atomic mass is 19.3. The summed E-state index contributed by atoms with van der Waals surface area (Å²) in [5.41, 5.74) is 0.976. The van der Waals surface area contributed by atoms with Gasteiger partial charge >= 0.3 is 6.11 Å². The van der Waals surface area contributed by atoms with Crippen molar-refractivity contribution in [3.05, 3.63) is 77.6 Å². The van der Waals surface area contributed by atoms with E-state index < -0.39 is 17.5 Å². The Balaban J connectivity index is 1.76. The van der Waals surface area contributed by atoms with Gasteiger partial charge in [0.1, 0.15) is 11.6 Å². The standard InChI is InChI=1S/C22H23F3O/c1-3-16-6-8-17(9-7-16)18-10-13-20(21(23)14-18)22(24,25)26-19-11-4-15(2)5-12-19/h3-5,10-14,16-17H,1,6-9H2,2H3. The molecule has 1 saturated carbocycles. The first kappa shape index (κ1) is 18.6. The Kier molecular flexibility index (Phi) is 5.40. The van der Waals surface area contributed by atoms with E-state index in [4.69, 9.17) is 4.74 Å². The molecule has 0 radical (unpaired) electrons. The van der Waals surface area contributed by atoms with Gasteiger partial charge < -0.3 is 4.74 Å². The van der Waals surface area contributed by atoms with Crippen LogP contribution >= 0.6 is 0 Å². The zero-order valence-corrected chi connectivity index (χ0v) is 14.9. The molecule has 0 saturated heterocycles. The lowest BCUT2D eigenvalue weighted by Crippen LogP contribution is -2.23. The van der Waals surface area contributed by atoms with E-state index in [-0.39, 0.29) is 11.7 Å². The van der Waals surface area contributed by atoms with Crippen LogP contribution in [0.3, 0.4) is 0 Å². The Morgan fingerprint density at radius 1 is 1.04 bits per heavy atom. The lowest BCUT2D eigenvalue weighted by atomic mass is 9.78. The third-order valence-electron chi connectivity index (χ3n) is 5.15. The first-order valence-electron chi connectivity index (χ1n) is 8.95. The number of hydrogen-bond donors (Lipinski definition) is 0. The van der Waals surface area contributed by atoms with Crippen LogP contribution in [-0.2, 0) is 6.11 Å². The van der Waals surface area contributed by atoms with Gasteiger partial charge in [0.25, 0.3) is 0 Å². The molecule has 0 aliphatic heterocycles. The molecule has 1 nitrogen and oxygen atoms in total. The molecule has 0 aromatic heterocycles. The van der Waals surface area contributed by atoms with Crippen LogP contribution < -0.4 is 4.74 Å². The Morgan fingerprint density at radius 2 is 1.69 bits per heavy atom. The molecule has 138 valence electrons. The van der Waals surface area contributed by atoms with E-state index in [0.717, 1.165) is 42.9 Å². The molecule has 26 heavy (non-hydrogen) atoms. The molecule has 3 rings (SSSR count). The highest BCUT2D eigenvalue weighted by Gasteiger charge is 2.38. The molecule has 0 atom stereocenters. The Labute approximate surface area is 152 Å². The van der Waals surface area contributed by atoms with E-state index in [1.807, 2.05) is 13.0 Å². The smallest absolute Gasteiger partial charge is 0.429 e. The van der Waals surface area contributed by atoms with Gasteiger partial charge in [-0.15, -0.1) is 6.58 Å². The van der Waals surface area contributed by atoms with Crippen LogP contribution in [0.25, 0.3) is 0 Å². The third kappa shape index (κ3) is 4.12. The SMILES string of the molecule is C=CC1CCC(c2ccc(C(F)(F)Oc3ccc(C)cc3)c(F)c2)CC1. The summed E-state index contributed by atoms with van der Waals surface area (Å²) in [6.07, 6.45) is 2.09. The normalized spacial score (nSPS) is 20.6. The number of aryl methyl sites for hydroxylation is 1. The number of halogens is 3. The fourth-order valence-electron chi connectivity index (χ4n) is 3.52. The van der Waals surface area contributed by atoms with Gasteiger partial charge in [-0.05, 0) is 74.3 Å². The average Bonchev–Trinajstić information content (AvgIpc) is 2.63. The second-order valence-corrected chi connectivity index (χ2v) is 7.02. The van der Waals surface area contributed by atoms with Crippen LogP contribution in [-0.4, -0.2) is 0 Å². The average molecular weight is 360 g/mol. The van der Waals surface area contributed by atoms with Gasteiger partial charge in [-0.3, -0.25) is 0 Å². The summed E-state index contributed by atoms with van der Waals surface area (Å²) in [5.74, 6) is -0.207. The number of alkyl halides is 2. The number of hydrogen-bond acceptors (Lipinski definition) is 1. The lowest BCUT2D eigenvalue weighted by Gasteiger charge is -2.27. The van der Waals surface area contributed by atoms with Crippen molar-refractivity contribution in [3.63, 3.8) is 0 Å². The zero-order valence-electron chi connectivity index (χ0n) is 14.9. The maximum absolute atomic E-state index is 14.4. The second kappa shape index (κ2) is 7.56. The van der Waals surface area contributed by atoms with E-state index in [2.05, 4.69) is 6.58 Å². The second-order valence-electron chi connectivity index (χ2n) is 7.02. The van der Waals surface area contributed by atoms with Crippen molar-refractivity contribution >= 4 is 0 Å². The van der Waals surface area contributed by atoms with E-state index in [1.165, 1.54) is 18.2 Å². The summed E-state index contributed by atoms with van der Waals surface area (Å²) in [4.78, 5) is 0. The van der Waals surface area contributed by atoms with E-state index in [9.17, 15) is 13.2 Å². The van der Waals surface area contributed by atoms with Crippen LogP contribution in [0, 0.1) is 18.7 Å². The summed E-state index contributed by atoms with van der Waals surface area (Å²) in [6, 6.07) is 10.2. The van der Waals surface area contributed by atoms with Crippen molar-refractivity contribution in [2.45, 2.75) is 44.6 Å². The van der Waals surface area contributed by atoms with Gasteiger partial charge in [-0.25, -0.2) is 4.39 Å². The number of benzene rings is 2. The van der Waals surface area contributed by atoms with Crippen molar-refractivity contribution in [2.75, 3.05) is 0 Å². The molecule has 4 heteroatoms. The van der Waals surface area contributed by atoms with E-state index in [1.54, 1.807) is 18.2 Å². The van der Waals surface area contributed by atoms with Crippen LogP contribution in [0.2, 0.25) is 0 Å². The van der Waals surface area contributed by atoms with Gasteiger partial charge in [0, 0.05) is 0 Å². The molecule has 0 N–H and O–H groups in total. The summed E-state index contributed by atoms with van der Waals surface area (Å²) < 4.78 is 48.0. The van der Waals surface area contributed by atoms with Gasteiger partial charge in [-0.2, -0.15) is 8.78 Å². The van der Waals surface area contributed by atoms with E-state index in [0.29, 0.717) is 5.92 Å². The van der Waals surface area contributed by atoms with Gasteiger partial charge in [0.2, 0.25) is 0 Å². The fraction of sp³-hybridized carbons (Fsp3) is 0.364. The zero-order chi connectivity index (χ0) is 18.7. The van der Waals surface area contributed by atoms with Crippen molar-refractivity contribution < 1.29 is 17.9 Å². The fourth-order valence-corrected chi connectivity index (χ4v) is 3.52. The molecule has 1 aliphatic rings. The minimum Gasteiger partial charge on any atom is -0.429 e. The van der Waals surface area contributed by atoms with Gasteiger partial charge in [-0.1, -0.05) is 29.8 Å². The van der Waals surface area contributed by atoms with Crippen LogP contribution in [0.15, 0.2) is 55.1 Å². The molecule has 1 aliphatic carbocycles. The number of allylic oxidation sites excluding steroid dienone is 1. The van der Waals surface area contributed by atoms with Crippen molar-refractivity contribution in [2.24, 2.45) is 5.92 Å². The summed E-state index contributed by atoms with van der Waals surface area (Å²) in [5, 5.41) is 0. The van der Waals surface area contributed by atoms with Crippen LogP contribution in [0.1, 0.15) is 48.3 Å². The number of ether oxygens (including phenoxy) is 1. The highest BCUT2D eigenvalue weighted by Crippen LogP contribution is 2.39. The molecule has 0 spiro atoms. The largest absolute Gasteiger partial charge is 0.429 e. The quantitative estimate of drug-likeness (QED) is 0.538. The lowest BCUT2D eigenvalue weighted by molar-refractivity contribution is -0.187. The monoisotopic (exact) mass is 360 g/mol. The molecule has 0 unspecified atom stereocenters. The predicted molar refractivity (Wildman–Crippen MR) is 97.0 cm³/mol. The maximum atomic E-state index is 14.4.